The van der Waals surface area contributed by atoms with Gasteiger partial charge in [-0.05, 0) is 18.2 Å². The van der Waals surface area contributed by atoms with E-state index in [1.54, 1.807) is 18.5 Å². The van der Waals surface area contributed by atoms with Gasteiger partial charge in [0, 0.05) is 19.0 Å². The third-order valence-corrected chi connectivity index (χ3v) is 2.54. The molecule has 1 rings (SSSR count). The first-order valence-corrected chi connectivity index (χ1v) is 5.74. The van der Waals surface area contributed by atoms with E-state index in [1.807, 2.05) is 0 Å². The van der Waals surface area contributed by atoms with Crippen molar-refractivity contribution in [2.24, 2.45) is 0 Å². The summed E-state index contributed by atoms with van der Waals surface area (Å²) >= 11 is 1.48. The number of aliphatic hydroxyl groups excluding tert-OH is 1. The number of amides is 1. The zero-order valence-electron chi connectivity index (χ0n) is 8.22. The van der Waals surface area contributed by atoms with E-state index in [4.69, 9.17) is 5.11 Å². The van der Waals surface area contributed by atoms with E-state index in [9.17, 15) is 4.79 Å². The third-order valence-electron chi connectivity index (χ3n) is 1.50. The zero-order chi connectivity index (χ0) is 10.9. The molecule has 1 amide bonds. The Balaban J connectivity index is 2.19. The highest BCUT2D eigenvalue weighted by Crippen LogP contribution is 2.03. The van der Waals surface area contributed by atoms with Gasteiger partial charge < -0.3 is 5.11 Å². The average Bonchev–Trinajstić information content (AvgIpc) is 2.26. The van der Waals surface area contributed by atoms with Crippen LogP contribution < -0.4 is 5.32 Å². The van der Waals surface area contributed by atoms with Gasteiger partial charge >= 0.3 is 0 Å². The Morgan fingerprint density at radius 2 is 2.20 bits per heavy atom. The lowest BCUT2D eigenvalue weighted by atomic mass is 10.5. The Kier molecular flexibility index (Phi) is 5.72. The SMILES string of the molecule is O=C(CSCCCO)Nc1ncccn1. The molecule has 0 aliphatic carbocycles. The minimum absolute atomic E-state index is 0.121. The summed E-state index contributed by atoms with van der Waals surface area (Å²) in [6, 6.07) is 1.69. The smallest absolute Gasteiger partial charge is 0.236 e. The Labute approximate surface area is 92.3 Å². The summed E-state index contributed by atoms with van der Waals surface area (Å²) < 4.78 is 0. The number of aromatic nitrogens is 2. The molecule has 0 saturated heterocycles. The molecule has 1 aromatic heterocycles. The largest absolute Gasteiger partial charge is 0.396 e. The second-order valence-corrected chi connectivity index (χ2v) is 3.86. The van der Waals surface area contributed by atoms with Crippen molar-refractivity contribution in [2.75, 3.05) is 23.4 Å². The van der Waals surface area contributed by atoms with Crippen LogP contribution in [0.25, 0.3) is 0 Å². The van der Waals surface area contributed by atoms with Crippen LogP contribution in [-0.4, -0.2) is 39.1 Å². The average molecular weight is 227 g/mol. The predicted molar refractivity (Wildman–Crippen MR) is 59.7 cm³/mol. The lowest BCUT2D eigenvalue weighted by Gasteiger charge is -2.02. The molecule has 0 aliphatic rings. The molecule has 2 N–H and O–H groups in total. The van der Waals surface area contributed by atoms with Gasteiger partial charge in [0.25, 0.3) is 0 Å². The van der Waals surface area contributed by atoms with E-state index >= 15 is 0 Å². The molecule has 0 aliphatic heterocycles. The Morgan fingerprint density at radius 3 is 2.87 bits per heavy atom. The molecule has 0 aromatic carbocycles. The van der Waals surface area contributed by atoms with Crippen LogP contribution >= 0.6 is 11.8 Å². The Bertz CT molecular complexity index is 295. The van der Waals surface area contributed by atoms with Crippen molar-refractivity contribution in [1.29, 1.82) is 0 Å². The molecule has 1 heterocycles. The van der Waals surface area contributed by atoms with E-state index in [1.165, 1.54) is 11.8 Å². The monoisotopic (exact) mass is 227 g/mol. The molecule has 0 bridgehead atoms. The molecule has 0 fully saturated rings. The van der Waals surface area contributed by atoms with Crippen molar-refractivity contribution in [3.63, 3.8) is 0 Å². The maximum absolute atomic E-state index is 11.3. The van der Waals surface area contributed by atoms with Crippen molar-refractivity contribution in [1.82, 2.24) is 9.97 Å². The summed E-state index contributed by atoms with van der Waals surface area (Å²) in [6.07, 6.45) is 3.85. The molecule has 0 unspecified atom stereocenters. The van der Waals surface area contributed by atoms with Crippen LogP contribution in [0.2, 0.25) is 0 Å². The number of hydrogen-bond acceptors (Lipinski definition) is 5. The molecule has 82 valence electrons. The van der Waals surface area contributed by atoms with Gasteiger partial charge in [0.05, 0.1) is 5.75 Å². The van der Waals surface area contributed by atoms with Gasteiger partial charge in [0.15, 0.2) is 0 Å². The summed E-state index contributed by atoms with van der Waals surface area (Å²) in [7, 11) is 0. The topological polar surface area (TPSA) is 75.1 Å². The molecular weight excluding hydrogens is 214 g/mol. The van der Waals surface area contributed by atoms with Crippen LogP contribution in [0, 0.1) is 0 Å². The van der Waals surface area contributed by atoms with Crippen LogP contribution in [-0.2, 0) is 4.79 Å². The first-order chi connectivity index (χ1) is 7.33. The van der Waals surface area contributed by atoms with E-state index in [0.29, 0.717) is 18.1 Å². The van der Waals surface area contributed by atoms with Gasteiger partial charge in [0.2, 0.25) is 11.9 Å². The van der Waals surface area contributed by atoms with Crippen LogP contribution in [0.1, 0.15) is 6.42 Å². The molecular formula is C9H13N3O2S. The summed E-state index contributed by atoms with van der Waals surface area (Å²) in [5.74, 6) is 1.34. The lowest BCUT2D eigenvalue weighted by Crippen LogP contribution is -2.16. The van der Waals surface area contributed by atoms with Crippen LogP contribution in [0.4, 0.5) is 5.95 Å². The van der Waals surface area contributed by atoms with Gasteiger partial charge in [-0.1, -0.05) is 0 Å². The molecule has 5 nitrogen and oxygen atoms in total. The number of aliphatic hydroxyl groups is 1. The van der Waals surface area contributed by atoms with E-state index in [2.05, 4.69) is 15.3 Å². The molecule has 0 atom stereocenters. The van der Waals surface area contributed by atoms with Gasteiger partial charge in [0.1, 0.15) is 0 Å². The summed E-state index contributed by atoms with van der Waals surface area (Å²) in [5, 5.41) is 11.1. The molecule has 0 spiro atoms. The number of carbonyl (C=O) groups is 1. The van der Waals surface area contributed by atoms with Crippen LogP contribution in [0.15, 0.2) is 18.5 Å². The van der Waals surface area contributed by atoms with Gasteiger partial charge in [-0.25, -0.2) is 9.97 Å². The fourth-order valence-corrected chi connectivity index (χ4v) is 1.59. The highest BCUT2D eigenvalue weighted by molar-refractivity contribution is 7.99. The lowest BCUT2D eigenvalue weighted by molar-refractivity contribution is -0.113. The van der Waals surface area contributed by atoms with Crippen molar-refractivity contribution < 1.29 is 9.90 Å². The highest BCUT2D eigenvalue weighted by atomic mass is 32.2. The Hall–Kier alpha value is -1.14. The van der Waals surface area contributed by atoms with Crippen molar-refractivity contribution in [3.8, 4) is 0 Å². The number of hydrogen-bond donors (Lipinski definition) is 2. The molecule has 15 heavy (non-hydrogen) atoms. The van der Waals surface area contributed by atoms with Crippen molar-refractivity contribution >= 4 is 23.6 Å². The van der Waals surface area contributed by atoms with Crippen molar-refractivity contribution in [2.45, 2.75) is 6.42 Å². The maximum Gasteiger partial charge on any atom is 0.236 e. The zero-order valence-corrected chi connectivity index (χ0v) is 9.04. The number of thioether (sulfide) groups is 1. The molecule has 0 radical (unpaired) electrons. The van der Waals surface area contributed by atoms with Crippen LogP contribution in [0.5, 0.6) is 0 Å². The minimum Gasteiger partial charge on any atom is -0.396 e. The summed E-state index contributed by atoms with van der Waals surface area (Å²) in [6.45, 7) is 0.163. The predicted octanol–water partition coefficient (Wildman–Crippen LogP) is 0.531. The number of anilines is 1. The van der Waals surface area contributed by atoms with Gasteiger partial charge in [-0.3, -0.25) is 10.1 Å². The molecule has 1 aromatic rings. The normalized spacial score (nSPS) is 9.93. The maximum atomic E-state index is 11.3. The number of rotatable bonds is 6. The fraction of sp³-hybridized carbons (Fsp3) is 0.444. The highest BCUT2D eigenvalue weighted by Gasteiger charge is 2.03. The summed E-state index contributed by atoms with van der Waals surface area (Å²) in [5.41, 5.74) is 0. The number of carbonyl (C=O) groups excluding carboxylic acids is 1. The second kappa shape index (κ2) is 7.19. The van der Waals surface area contributed by atoms with Crippen molar-refractivity contribution in [3.05, 3.63) is 18.5 Å². The summed E-state index contributed by atoms with van der Waals surface area (Å²) in [4.78, 5) is 19.0. The molecule has 6 heteroatoms. The fourth-order valence-electron chi connectivity index (χ4n) is 0.856. The number of nitrogens with zero attached hydrogens (tertiary/aromatic N) is 2. The van der Waals surface area contributed by atoms with Gasteiger partial charge in [-0.15, -0.1) is 0 Å². The number of nitrogens with one attached hydrogen (secondary N) is 1. The third kappa shape index (κ3) is 5.34. The quantitative estimate of drug-likeness (QED) is 0.693. The Morgan fingerprint density at radius 1 is 1.47 bits per heavy atom. The van der Waals surface area contributed by atoms with Crippen LogP contribution in [0.3, 0.4) is 0 Å². The minimum atomic E-state index is -0.121. The first kappa shape index (κ1) is 11.9. The second-order valence-electron chi connectivity index (χ2n) is 2.75. The standard InChI is InChI=1S/C9H13N3O2S/c13-5-2-6-15-7-8(14)12-9-10-3-1-4-11-9/h1,3-4,13H,2,5-7H2,(H,10,11,12,14). The van der Waals surface area contributed by atoms with E-state index in [-0.39, 0.29) is 12.5 Å². The first-order valence-electron chi connectivity index (χ1n) is 4.58. The van der Waals surface area contributed by atoms with Gasteiger partial charge in [-0.2, -0.15) is 11.8 Å². The van der Waals surface area contributed by atoms with E-state index in [0.717, 1.165) is 5.75 Å². The molecule has 0 saturated carbocycles. The van der Waals surface area contributed by atoms with E-state index < -0.39 is 0 Å².